The van der Waals surface area contributed by atoms with Crippen LogP contribution in [0.4, 0.5) is 13.2 Å². The van der Waals surface area contributed by atoms with Crippen LogP contribution in [0.1, 0.15) is 87.2 Å². The van der Waals surface area contributed by atoms with E-state index in [1.54, 1.807) is 13.8 Å². The van der Waals surface area contributed by atoms with Crippen molar-refractivity contribution >= 4 is 23.3 Å². The number of allylic oxidation sites excluding steroid dienone is 4. The van der Waals surface area contributed by atoms with Crippen LogP contribution >= 0.6 is 0 Å². The molecule has 1 atom stereocenters. The van der Waals surface area contributed by atoms with Crippen molar-refractivity contribution in [3.05, 3.63) is 39.8 Å². The largest absolute Gasteiger partial charge is 0.507 e. The second kappa shape index (κ2) is 15.9. The molecular formula is C31H42F3N3O8. The number of carboxylic acids is 1. The van der Waals surface area contributed by atoms with Crippen molar-refractivity contribution in [2.45, 2.75) is 84.2 Å². The molecule has 11 nitrogen and oxygen atoms in total. The predicted octanol–water partition coefficient (Wildman–Crippen LogP) is 4.07. The van der Waals surface area contributed by atoms with Gasteiger partial charge in [-0.15, -0.1) is 0 Å². The Labute approximate surface area is 259 Å². The van der Waals surface area contributed by atoms with Crippen molar-refractivity contribution < 1.29 is 52.4 Å². The van der Waals surface area contributed by atoms with Crippen LogP contribution in [0.25, 0.3) is 0 Å². The number of nitrogens with one attached hydrogen (secondary N) is 2. The van der Waals surface area contributed by atoms with Crippen LogP contribution in [0.5, 0.6) is 17.2 Å². The van der Waals surface area contributed by atoms with E-state index in [1.807, 2.05) is 0 Å². The molecule has 3 rings (SSSR count). The van der Waals surface area contributed by atoms with Crippen LogP contribution in [-0.2, 0) is 19.8 Å². The lowest BCUT2D eigenvalue weighted by atomic mass is 9.70. The highest BCUT2D eigenvalue weighted by atomic mass is 19.4. The molecule has 1 aromatic carbocycles. The van der Waals surface area contributed by atoms with Gasteiger partial charge in [0.1, 0.15) is 34.0 Å². The molecule has 250 valence electrons. The minimum Gasteiger partial charge on any atom is -0.507 e. The van der Waals surface area contributed by atoms with E-state index in [2.05, 4.69) is 10.6 Å². The van der Waals surface area contributed by atoms with Crippen LogP contribution in [-0.4, -0.2) is 71.0 Å². The van der Waals surface area contributed by atoms with Gasteiger partial charge in [-0.1, -0.05) is 19.3 Å². The van der Waals surface area contributed by atoms with Crippen molar-refractivity contribution in [3.63, 3.8) is 0 Å². The average molecular weight is 642 g/mol. The lowest BCUT2D eigenvalue weighted by molar-refractivity contribution is -0.192. The molecule has 1 aliphatic heterocycles. The molecule has 1 aliphatic carbocycles. The zero-order chi connectivity index (χ0) is 34.1. The summed E-state index contributed by atoms with van der Waals surface area (Å²) in [5.74, 6) is -5.02. The third-order valence-corrected chi connectivity index (χ3v) is 7.73. The van der Waals surface area contributed by atoms with E-state index in [4.69, 9.17) is 20.4 Å². The number of nitrogens with two attached hydrogens (primary N) is 1. The van der Waals surface area contributed by atoms with E-state index in [0.717, 1.165) is 64.6 Å². The number of aliphatic carboxylic acids is 1. The van der Waals surface area contributed by atoms with E-state index in [9.17, 15) is 37.8 Å². The fourth-order valence-electron chi connectivity index (χ4n) is 5.15. The summed E-state index contributed by atoms with van der Waals surface area (Å²) in [4.78, 5) is 47.9. The van der Waals surface area contributed by atoms with E-state index < -0.39 is 40.7 Å². The maximum atomic E-state index is 13.8. The highest BCUT2D eigenvalue weighted by Gasteiger charge is 2.56. The molecular weight excluding hydrogens is 599 g/mol. The van der Waals surface area contributed by atoms with Crippen molar-refractivity contribution in [2.24, 2.45) is 5.73 Å². The monoisotopic (exact) mass is 641 g/mol. The maximum absolute atomic E-state index is 13.8. The SMILES string of the molecule is CC(=O)c1c(O)c(C)c(O)c2c1OC1=CC(=O)/C(=C(/C)NCCCCCCNCCCCCN)C(=O)[C@@]12C.O=C(O)C(F)(F)F. The molecule has 0 fully saturated rings. The van der Waals surface area contributed by atoms with Gasteiger partial charge in [0.15, 0.2) is 17.3 Å². The summed E-state index contributed by atoms with van der Waals surface area (Å²) in [6.45, 7) is 9.38. The van der Waals surface area contributed by atoms with Crippen molar-refractivity contribution in [1.82, 2.24) is 10.6 Å². The number of aromatic hydroxyl groups is 2. The zero-order valence-corrected chi connectivity index (χ0v) is 25.9. The molecule has 0 aromatic heterocycles. The van der Waals surface area contributed by atoms with E-state index in [0.29, 0.717) is 12.2 Å². The molecule has 1 heterocycles. The van der Waals surface area contributed by atoms with Gasteiger partial charge in [-0.3, -0.25) is 14.4 Å². The van der Waals surface area contributed by atoms with Crippen LogP contribution in [0.15, 0.2) is 23.1 Å². The Hall–Kier alpha value is -3.91. The molecule has 7 N–H and O–H groups in total. The van der Waals surface area contributed by atoms with Gasteiger partial charge >= 0.3 is 12.1 Å². The van der Waals surface area contributed by atoms with Gasteiger partial charge in [0, 0.05) is 23.9 Å². The average Bonchev–Trinajstić information content (AvgIpc) is 3.24. The summed E-state index contributed by atoms with van der Waals surface area (Å²) >= 11 is 0. The lowest BCUT2D eigenvalue weighted by Gasteiger charge is -2.29. The number of ketones is 3. The highest BCUT2D eigenvalue weighted by Crippen LogP contribution is 2.57. The first-order valence-corrected chi connectivity index (χ1v) is 14.8. The second-order valence-corrected chi connectivity index (χ2v) is 11.1. The predicted molar refractivity (Wildman–Crippen MR) is 159 cm³/mol. The van der Waals surface area contributed by atoms with Crippen molar-refractivity contribution in [3.8, 4) is 17.2 Å². The molecule has 0 saturated carbocycles. The smallest absolute Gasteiger partial charge is 0.490 e. The summed E-state index contributed by atoms with van der Waals surface area (Å²) in [6.07, 6.45) is 3.66. The minimum absolute atomic E-state index is 0.000962. The van der Waals surface area contributed by atoms with Gasteiger partial charge in [-0.05, 0) is 73.0 Å². The Balaban J connectivity index is 0.000000900. The zero-order valence-electron chi connectivity index (χ0n) is 25.9. The number of hydrogen-bond acceptors (Lipinski definition) is 10. The molecule has 0 unspecified atom stereocenters. The van der Waals surface area contributed by atoms with E-state index in [-0.39, 0.29) is 39.5 Å². The van der Waals surface area contributed by atoms with Crippen molar-refractivity contribution in [2.75, 3.05) is 26.2 Å². The summed E-state index contributed by atoms with van der Waals surface area (Å²) in [7, 11) is 0. The summed E-state index contributed by atoms with van der Waals surface area (Å²) in [5.41, 5.74) is 4.53. The Morgan fingerprint density at radius 1 is 0.956 bits per heavy atom. The Bertz CT molecular complexity index is 1370. The second-order valence-electron chi connectivity index (χ2n) is 11.1. The quantitative estimate of drug-likeness (QED) is 0.0744. The molecule has 0 saturated heterocycles. The van der Waals surface area contributed by atoms with E-state index >= 15 is 0 Å². The molecule has 0 bridgehead atoms. The molecule has 0 spiro atoms. The highest BCUT2D eigenvalue weighted by molar-refractivity contribution is 6.31. The summed E-state index contributed by atoms with van der Waals surface area (Å²) < 4.78 is 37.5. The number of Topliss-reactive ketones (excluding diaryl/α,β-unsaturated/α-hetero) is 2. The number of carbonyl (C=O) groups excluding carboxylic acids is 3. The molecule has 45 heavy (non-hydrogen) atoms. The number of benzene rings is 1. The van der Waals surface area contributed by atoms with Crippen LogP contribution in [0.2, 0.25) is 0 Å². The molecule has 2 aliphatic rings. The van der Waals surface area contributed by atoms with Gasteiger partial charge in [-0.2, -0.15) is 13.2 Å². The summed E-state index contributed by atoms with van der Waals surface area (Å²) in [5, 5.41) is 35.1. The molecule has 14 heteroatoms. The third kappa shape index (κ3) is 8.63. The van der Waals surface area contributed by atoms with Crippen LogP contribution in [0.3, 0.4) is 0 Å². The maximum Gasteiger partial charge on any atom is 0.490 e. The first kappa shape index (κ1) is 37.3. The first-order chi connectivity index (χ1) is 21.0. The third-order valence-electron chi connectivity index (χ3n) is 7.73. The minimum atomic E-state index is -5.08. The fourth-order valence-corrected chi connectivity index (χ4v) is 5.15. The van der Waals surface area contributed by atoms with Crippen LogP contribution < -0.4 is 21.1 Å². The number of unbranched alkanes of at least 4 members (excludes halogenated alkanes) is 5. The topological polar surface area (TPSA) is 188 Å². The lowest BCUT2D eigenvalue weighted by Crippen LogP contribution is -2.41. The molecule has 0 radical (unpaired) electrons. The number of rotatable bonds is 14. The normalized spacial score (nSPS) is 18.3. The van der Waals surface area contributed by atoms with Gasteiger partial charge in [0.25, 0.3) is 0 Å². The Morgan fingerprint density at radius 2 is 1.49 bits per heavy atom. The van der Waals surface area contributed by atoms with Gasteiger partial charge in [-0.25, -0.2) is 4.79 Å². The first-order valence-electron chi connectivity index (χ1n) is 14.8. The number of ether oxygens (including phenoxy) is 1. The molecule has 0 amide bonds. The number of phenolic OH excluding ortho intramolecular Hbond substituents is 2. The van der Waals surface area contributed by atoms with Crippen molar-refractivity contribution in [1.29, 1.82) is 0 Å². The van der Waals surface area contributed by atoms with Gasteiger partial charge in [0.2, 0.25) is 0 Å². The number of halogens is 3. The number of carboxylic acid groups (broad SMARTS) is 1. The van der Waals surface area contributed by atoms with Gasteiger partial charge < -0.3 is 36.4 Å². The molecule has 1 aromatic rings. The number of alkyl halides is 3. The van der Waals surface area contributed by atoms with E-state index in [1.165, 1.54) is 19.9 Å². The van der Waals surface area contributed by atoms with Gasteiger partial charge in [0.05, 0.1) is 11.1 Å². The standard InChI is InChI=1S/C29H41N3O6.C2HF3O2/c1-17-25(35)23(19(3)33)27-24(26(17)36)29(4)21(38-27)16-20(34)22(28(29)37)18(2)32-15-11-6-5-9-13-31-14-10-7-8-12-30;3-2(4,5)1(6)7/h16,31-32,35-36H,5-15,30H2,1-4H3;(H,6,7)/b22-18+;/t29-;/m0./s1. The Morgan fingerprint density at radius 3 is 2.00 bits per heavy atom. The Kier molecular flexibility index (Phi) is 13.2. The fraction of sp³-hybridized carbons (Fsp3) is 0.548. The summed E-state index contributed by atoms with van der Waals surface area (Å²) in [6, 6.07) is 0. The number of carbonyl (C=O) groups is 4. The number of hydrogen-bond donors (Lipinski definition) is 6. The number of fused-ring (bicyclic) bond motifs is 3. The number of phenols is 2. The van der Waals surface area contributed by atoms with Crippen LogP contribution in [0, 0.1) is 6.92 Å².